The molecule has 2 aromatic carbocycles. The third kappa shape index (κ3) is 4.47. The molecule has 3 rings (SSSR count). The Bertz CT molecular complexity index is 914. The highest BCUT2D eigenvalue weighted by molar-refractivity contribution is 5.87. The molecule has 146 valence electrons. The van der Waals surface area contributed by atoms with Gasteiger partial charge in [-0.3, -0.25) is 14.9 Å². The standard InChI is InChI=1S/C18H17N3O7/c1-2-25-15-8-17-16(27-11-28-17)7-12(15)9-19-20-18(22)10-26-14-6-4-3-5-13(14)21(23)24/h3-9H,2,10-11H2,1H3,(H,20,22)/b19-9-. The maximum atomic E-state index is 11.9. The average molecular weight is 387 g/mol. The van der Waals surface area contributed by atoms with Crippen molar-refractivity contribution in [3.05, 3.63) is 52.1 Å². The van der Waals surface area contributed by atoms with Crippen LogP contribution in [0.25, 0.3) is 0 Å². The third-order valence-corrected chi connectivity index (χ3v) is 3.62. The van der Waals surface area contributed by atoms with Gasteiger partial charge >= 0.3 is 5.69 Å². The van der Waals surface area contributed by atoms with Crippen LogP contribution in [0.3, 0.4) is 0 Å². The Morgan fingerprint density at radius 3 is 2.75 bits per heavy atom. The summed E-state index contributed by atoms with van der Waals surface area (Å²) in [5.41, 5.74) is 2.66. The predicted molar refractivity (Wildman–Crippen MR) is 98.1 cm³/mol. The minimum Gasteiger partial charge on any atom is -0.493 e. The zero-order chi connectivity index (χ0) is 19.9. The van der Waals surface area contributed by atoms with Crippen LogP contribution < -0.4 is 24.4 Å². The van der Waals surface area contributed by atoms with E-state index in [-0.39, 0.29) is 18.2 Å². The van der Waals surface area contributed by atoms with Crippen molar-refractivity contribution in [2.45, 2.75) is 6.92 Å². The number of ether oxygens (including phenoxy) is 4. The lowest BCUT2D eigenvalue weighted by Crippen LogP contribution is -2.24. The summed E-state index contributed by atoms with van der Waals surface area (Å²) in [6.45, 7) is 1.98. The molecule has 0 radical (unpaired) electrons. The van der Waals surface area contributed by atoms with E-state index in [0.717, 1.165) is 0 Å². The molecule has 2 aromatic rings. The first-order valence-corrected chi connectivity index (χ1v) is 8.33. The number of para-hydroxylation sites is 2. The SMILES string of the molecule is CCOc1cc2c(cc1/C=N\NC(=O)COc1ccccc1[N+](=O)[O-])OCO2. The zero-order valence-electron chi connectivity index (χ0n) is 14.9. The van der Waals surface area contributed by atoms with Crippen LogP contribution >= 0.6 is 0 Å². The number of fused-ring (bicyclic) bond motifs is 1. The molecule has 0 atom stereocenters. The van der Waals surface area contributed by atoms with Crippen molar-refractivity contribution in [3.8, 4) is 23.0 Å². The van der Waals surface area contributed by atoms with E-state index >= 15 is 0 Å². The van der Waals surface area contributed by atoms with Gasteiger partial charge in [0.1, 0.15) is 5.75 Å². The predicted octanol–water partition coefficient (Wildman–Crippen LogP) is 2.25. The average Bonchev–Trinajstić information content (AvgIpc) is 3.14. The molecule has 1 amide bonds. The van der Waals surface area contributed by atoms with Crippen LogP contribution in [0.4, 0.5) is 5.69 Å². The van der Waals surface area contributed by atoms with Gasteiger partial charge in [0, 0.05) is 17.7 Å². The summed E-state index contributed by atoms with van der Waals surface area (Å²) < 4.78 is 21.3. The molecule has 0 spiro atoms. The van der Waals surface area contributed by atoms with Crippen LogP contribution in [0.2, 0.25) is 0 Å². The summed E-state index contributed by atoms with van der Waals surface area (Å²) in [6.07, 6.45) is 1.40. The molecule has 0 bridgehead atoms. The van der Waals surface area contributed by atoms with E-state index in [1.165, 1.54) is 24.4 Å². The van der Waals surface area contributed by atoms with E-state index in [2.05, 4.69) is 10.5 Å². The highest BCUT2D eigenvalue weighted by Gasteiger charge is 2.18. The van der Waals surface area contributed by atoms with E-state index in [4.69, 9.17) is 18.9 Å². The van der Waals surface area contributed by atoms with E-state index in [0.29, 0.717) is 29.4 Å². The Balaban J connectivity index is 1.60. The van der Waals surface area contributed by atoms with Gasteiger partial charge in [-0.25, -0.2) is 5.43 Å². The van der Waals surface area contributed by atoms with Crippen molar-refractivity contribution in [3.63, 3.8) is 0 Å². The van der Waals surface area contributed by atoms with Gasteiger partial charge in [-0.05, 0) is 19.1 Å². The molecule has 0 fully saturated rings. The smallest absolute Gasteiger partial charge is 0.310 e. The largest absolute Gasteiger partial charge is 0.493 e. The van der Waals surface area contributed by atoms with Gasteiger partial charge in [-0.2, -0.15) is 5.10 Å². The Kier molecular flexibility index (Phi) is 5.90. The number of carbonyl (C=O) groups excluding carboxylic acids is 1. The first-order chi connectivity index (χ1) is 13.6. The monoisotopic (exact) mass is 387 g/mol. The summed E-state index contributed by atoms with van der Waals surface area (Å²) in [5, 5.41) is 14.8. The summed E-state index contributed by atoms with van der Waals surface area (Å²) in [7, 11) is 0. The minimum absolute atomic E-state index is 0.000956. The third-order valence-electron chi connectivity index (χ3n) is 3.62. The summed E-state index contributed by atoms with van der Waals surface area (Å²) in [4.78, 5) is 22.2. The van der Waals surface area contributed by atoms with Crippen molar-refractivity contribution >= 4 is 17.8 Å². The first kappa shape index (κ1) is 19.0. The Hall–Kier alpha value is -3.82. The fourth-order valence-corrected chi connectivity index (χ4v) is 2.40. The molecule has 1 aliphatic heterocycles. The van der Waals surface area contributed by atoms with Crippen molar-refractivity contribution in [1.82, 2.24) is 5.43 Å². The lowest BCUT2D eigenvalue weighted by Gasteiger charge is -2.08. The minimum atomic E-state index is -0.583. The maximum Gasteiger partial charge on any atom is 0.310 e. The second-order valence-corrected chi connectivity index (χ2v) is 5.48. The molecule has 0 unspecified atom stereocenters. The van der Waals surface area contributed by atoms with Crippen LogP contribution in [0.5, 0.6) is 23.0 Å². The molecular weight excluding hydrogens is 370 g/mol. The molecule has 28 heavy (non-hydrogen) atoms. The second kappa shape index (κ2) is 8.71. The van der Waals surface area contributed by atoms with E-state index < -0.39 is 17.4 Å². The van der Waals surface area contributed by atoms with Gasteiger partial charge in [-0.15, -0.1) is 0 Å². The Morgan fingerprint density at radius 1 is 1.25 bits per heavy atom. The Labute approximate surface area is 159 Å². The number of nitro benzene ring substituents is 1. The summed E-state index contributed by atoms with van der Waals surface area (Å²) >= 11 is 0. The number of hydrazone groups is 1. The number of hydrogen-bond acceptors (Lipinski definition) is 8. The topological polar surface area (TPSA) is 122 Å². The molecule has 10 nitrogen and oxygen atoms in total. The number of benzene rings is 2. The second-order valence-electron chi connectivity index (χ2n) is 5.48. The first-order valence-electron chi connectivity index (χ1n) is 8.33. The molecule has 0 aromatic heterocycles. The van der Waals surface area contributed by atoms with Crippen LogP contribution in [-0.4, -0.2) is 37.1 Å². The zero-order valence-corrected chi connectivity index (χ0v) is 14.9. The highest BCUT2D eigenvalue weighted by Crippen LogP contribution is 2.37. The lowest BCUT2D eigenvalue weighted by atomic mass is 10.2. The van der Waals surface area contributed by atoms with E-state index in [9.17, 15) is 14.9 Å². The van der Waals surface area contributed by atoms with Gasteiger partial charge in [0.05, 0.1) is 17.7 Å². The maximum absolute atomic E-state index is 11.9. The molecule has 0 saturated carbocycles. The molecular formula is C18H17N3O7. The van der Waals surface area contributed by atoms with Crippen molar-refractivity contribution in [2.24, 2.45) is 5.10 Å². The molecule has 10 heteroatoms. The number of hydrogen-bond donors (Lipinski definition) is 1. The quantitative estimate of drug-likeness (QED) is 0.419. The van der Waals surface area contributed by atoms with E-state index in [1.54, 1.807) is 18.2 Å². The summed E-state index contributed by atoms with van der Waals surface area (Å²) in [6, 6.07) is 9.17. The van der Waals surface area contributed by atoms with Crippen LogP contribution in [0.15, 0.2) is 41.5 Å². The molecule has 0 saturated heterocycles. The number of nitrogens with zero attached hydrogens (tertiary/aromatic N) is 2. The molecule has 1 aliphatic rings. The number of rotatable bonds is 8. The van der Waals surface area contributed by atoms with Crippen LogP contribution in [0, 0.1) is 10.1 Å². The van der Waals surface area contributed by atoms with Crippen LogP contribution in [-0.2, 0) is 4.79 Å². The van der Waals surface area contributed by atoms with Crippen LogP contribution in [0.1, 0.15) is 12.5 Å². The number of carbonyl (C=O) groups is 1. The fraction of sp³-hybridized carbons (Fsp3) is 0.222. The van der Waals surface area contributed by atoms with Crippen molar-refractivity contribution in [1.29, 1.82) is 0 Å². The molecule has 0 aliphatic carbocycles. The number of nitro groups is 1. The van der Waals surface area contributed by atoms with Gasteiger partial charge < -0.3 is 18.9 Å². The highest BCUT2D eigenvalue weighted by atomic mass is 16.7. The van der Waals surface area contributed by atoms with Gasteiger partial charge in [0.2, 0.25) is 6.79 Å². The fourth-order valence-electron chi connectivity index (χ4n) is 2.40. The Morgan fingerprint density at radius 2 is 2.00 bits per heavy atom. The van der Waals surface area contributed by atoms with Crippen molar-refractivity contribution in [2.75, 3.05) is 20.0 Å². The van der Waals surface area contributed by atoms with Gasteiger partial charge in [-0.1, -0.05) is 12.1 Å². The normalized spacial score (nSPS) is 12.0. The summed E-state index contributed by atoms with van der Waals surface area (Å²) in [5.74, 6) is 1.08. The molecule has 1 N–H and O–H groups in total. The van der Waals surface area contributed by atoms with Gasteiger partial charge in [0.15, 0.2) is 23.9 Å². The number of nitrogens with one attached hydrogen (secondary N) is 1. The number of amides is 1. The van der Waals surface area contributed by atoms with Crippen molar-refractivity contribution < 1.29 is 28.7 Å². The lowest BCUT2D eigenvalue weighted by molar-refractivity contribution is -0.385. The molecule has 1 heterocycles. The van der Waals surface area contributed by atoms with E-state index in [1.807, 2.05) is 6.92 Å². The van der Waals surface area contributed by atoms with Gasteiger partial charge in [0.25, 0.3) is 5.91 Å².